The van der Waals surface area contributed by atoms with Crippen molar-refractivity contribution in [3.8, 4) is 0 Å². The zero-order valence-corrected chi connectivity index (χ0v) is 9.99. The van der Waals surface area contributed by atoms with Crippen LogP contribution in [-0.4, -0.2) is 17.5 Å². The SMILES string of the molecule is CCNC(C)Cc1cc(C)ccc1[N+](=O)[O-]. The molecule has 0 aliphatic carbocycles. The first-order valence-corrected chi connectivity index (χ1v) is 5.52. The van der Waals surface area contributed by atoms with Gasteiger partial charge in [0.25, 0.3) is 5.69 Å². The lowest BCUT2D eigenvalue weighted by atomic mass is 10.0. The zero-order valence-electron chi connectivity index (χ0n) is 9.99. The van der Waals surface area contributed by atoms with Crippen molar-refractivity contribution in [3.63, 3.8) is 0 Å². The Morgan fingerprint density at radius 2 is 2.19 bits per heavy atom. The molecule has 1 aromatic rings. The molecule has 0 saturated heterocycles. The van der Waals surface area contributed by atoms with Crippen molar-refractivity contribution in [2.24, 2.45) is 0 Å². The summed E-state index contributed by atoms with van der Waals surface area (Å²) in [5.74, 6) is 0. The molecule has 0 saturated carbocycles. The van der Waals surface area contributed by atoms with Gasteiger partial charge >= 0.3 is 0 Å². The molecule has 0 radical (unpaired) electrons. The van der Waals surface area contributed by atoms with Crippen molar-refractivity contribution < 1.29 is 4.92 Å². The molecule has 0 heterocycles. The number of nitro benzene ring substituents is 1. The van der Waals surface area contributed by atoms with E-state index in [-0.39, 0.29) is 16.7 Å². The van der Waals surface area contributed by atoms with E-state index in [1.54, 1.807) is 12.1 Å². The summed E-state index contributed by atoms with van der Waals surface area (Å²) in [5, 5.41) is 14.1. The average Bonchev–Trinajstić information content (AvgIpc) is 2.17. The molecule has 4 nitrogen and oxygen atoms in total. The molecule has 0 aliphatic rings. The number of nitrogens with one attached hydrogen (secondary N) is 1. The van der Waals surface area contributed by atoms with Crippen LogP contribution in [-0.2, 0) is 6.42 Å². The maximum atomic E-state index is 10.9. The molecule has 0 aromatic heterocycles. The highest BCUT2D eigenvalue weighted by atomic mass is 16.6. The van der Waals surface area contributed by atoms with Gasteiger partial charge in [-0.2, -0.15) is 0 Å². The van der Waals surface area contributed by atoms with Gasteiger partial charge in [-0.3, -0.25) is 10.1 Å². The fourth-order valence-electron chi connectivity index (χ4n) is 1.81. The van der Waals surface area contributed by atoms with Crippen LogP contribution < -0.4 is 5.32 Å². The van der Waals surface area contributed by atoms with E-state index in [4.69, 9.17) is 0 Å². The molecule has 4 heteroatoms. The molecular formula is C12H18N2O2. The van der Waals surface area contributed by atoms with Crippen LogP contribution in [0.5, 0.6) is 0 Å². The molecule has 0 bridgehead atoms. The van der Waals surface area contributed by atoms with Crippen molar-refractivity contribution in [2.75, 3.05) is 6.54 Å². The Morgan fingerprint density at radius 1 is 1.50 bits per heavy atom. The topological polar surface area (TPSA) is 55.2 Å². The smallest absolute Gasteiger partial charge is 0.272 e. The minimum atomic E-state index is -0.312. The summed E-state index contributed by atoms with van der Waals surface area (Å²) in [6, 6.07) is 5.51. The van der Waals surface area contributed by atoms with Crippen molar-refractivity contribution in [2.45, 2.75) is 33.2 Å². The van der Waals surface area contributed by atoms with Gasteiger partial charge in [-0.1, -0.05) is 18.6 Å². The predicted molar refractivity (Wildman–Crippen MR) is 64.7 cm³/mol. The summed E-state index contributed by atoms with van der Waals surface area (Å²) in [6.45, 7) is 6.89. The van der Waals surface area contributed by atoms with E-state index in [2.05, 4.69) is 5.32 Å². The van der Waals surface area contributed by atoms with E-state index in [0.29, 0.717) is 6.42 Å². The predicted octanol–water partition coefficient (Wildman–Crippen LogP) is 2.44. The average molecular weight is 222 g/mol. The highest BCUT2D eigenvalue weighted by Crippen LogP contribution is 2.21. The maximum absolute atomic E-state index is 10.9. The minimum Gasteiger partial charge on any atom is -0.314 e. The molecule has 88 valence electrons. The van der Waals surface area contributed by atoms with Crippen molar-refractivity contribution >= 4 is 5.69 Å². The Balaban J connectivity index is 2.92. The maximum Gasteiger partial charge on any atom is 0.272 e. The second-order valence-corrected chi connectivity index (χ2v) is 4.05. The number of benzene rings is 1. The largest absolute Gasteiger partial charge is 0.314 e. The van der Waals surface area contributed by atoms with Crippen LogP contribution in [0.3, 0.4) is 0 Å². The highest BCUT2D eigenvalue weighted by Gasteiger charge is 2.15. The van der Waals surface area contributed by atoms with Gasteiger partial charge < -0.3 is 5.32 Å². The normalized spacial score (nSPS) is 12.4. The standard InChI is InChI=1S/C12H18N2O2/c1-4-13-10(3)8-11-7-9(2)5-6-12(11)14(15)16/h5-7,10,13H,4,8H2,1-3H3. The fraction of sp³-hybridized carbons (Fsp3) is 0.500. The first-order valence-electron chi connectivity index (χ1n) is 5.52. The summed E-state index contributed by atoms with van der Waals surface area (Å²) in [5.41, 5.74) is 2.08. The number of rotatable bonds is 5. The minimum absolute atomic E-state index is 0.218. The molecule has 0 fully saturated rings. The van der Waals surface area contributed by atoms with Gasteiger partial charge in [0.1, 0.15) is 0 Å². The molecule has 1 N–H and O–H groups in total. The van der Waals surface area contributed by atoms with Gasteiger partial charge in [-0.05, 0) is 32.9 Å². The van der Waals surface area contributed by atoms with Crippen LogP contribution in [0.15, 0.2) is 18.2 Å². The second-order valence-electron chi connectivity index (χ2n) is 4.05. The van der Waals surface area contributed by atoms with Gasteiger partial charge in [-0.15, -0.1) is 0 Å². The summed E-state index contributed by atoms with van der Waals surface area (Å²) in [4.78, 5) is 10.5. The fourth-order valence-corrected chi connectivity index (χ4v) is 1.81. The number of hydrogen-bond acceptors (Lipinski definition) is 3. The quantitative estimate of drug-likeness (QED) is 0.615. The van der Waals surface area contributed by atoms with Gasteiger partial charge in [0, 0.05) is 17.7 Å². The molecule has 0 spiro atoms. The number of likely N-dealkylation sites (N-methyl/N-ethyl adjacent to an activating group) is 1. The lowest BCUT2D eigenvalue weighted by molar-refractivity contribution is -0.385. The molecule has 0 amide bonds. The van der Waals surface area contributed by atoms with Crippen LogP contribution in [0.4, 0.5) is 5.69 Å². The Labute approximate surface area is 95.8 Å². The number of nitrogens with zero attached hydrogens (tertiary/aromatic N) is 1. The molecule has 1 aromatic carbocycles. The number of aryl methyl sites for hydroxylation is 1. The third kappa shape index (κ3) is 3.31. The van der Waals surface area contributed by atoms with Gasteiger partial charge in [0.2, 0.25) is 0 Å². The highest BCUT2D eigenvalue weighted by molar-refractivity contribution is 5.43. The van der Waals surface area contributed by atoms with E-state index in [9.17, 15) is 10.1 Å². The number of nitro groups is 1. The summed E-state index contributed by atoms with van der Waals surface area (Å²) < 4.78 is 0. The van der Waals surface area contributed by atoms with Crippen LogP contribution in [0.2, 0.25) is 0 Å². The monoisotopic (exact) mass is 222 g/mol. The van der Waals surface area contributed by atoms with Crippen LogP contribution in [0, 0.1) is 17.0 Å². The van der Waals surface area contributed by atoms with E-state index < -0.39 is 0 Å². The van der Waals surface area contributed by atoms with E-state index >= 15 is 0 Å². The zero-order chi connectivity index (χ0) is 12.1. The summed E-state index contributed by atoms with van der Waals surface area (Å²) in [7, 11) is 0. The molecule has 1 unspecified atom stereocenters. The van der Waals surface area contributed by atoms with E-state index in [0.717, 1.165) is 17.7 Å². The van der Waals surface area contributed by atoms with E-state index in [1.807, 2.05) is 26.8 Å². The van der Waals surface area contributed by atoms with Crippen LogP contribution in [0.25, 0.3) is 0 Å². The third-order valence-electron chi connectivity index (χ3n) is 2.51. The first-order chi connectivity index (χ1) is 7.54. The summed E-state index contributed by atoms with van der Waals surface area (Å²) >= 11 is 0. The lowest BCUT2D eigenvalue weighted by Gasteiger charge is -2.12. The molecule has 16 heavy (non-hydrogen) atoms. The molecule has 0 aliphatic heterocycles. The van der Waals surface area contributed by atoms with E-state index in [1.165, 1.54) is 0 Å². The molecule has 1 atom stereocenters. The van der Waals surface area contributed by atoms with Crippen molar-refractivity contribution in [1.82, 2.24) is 5.32 Å². The molecule has 1 rings (SSSR count). The Bertz CT molecular complexity index is 377. The Morgan fingerprint density at radius 3 is 2.75 bits per heavy atom. The number of hydrogen-bond donors (Lipinski definition) is 1. The second kappa shape index (κ2) is 5.61. The van der Waals surface area contributed by atoms with Crippen LogP contribution in [0.1, 0.15) is 25.0 Å². The first kappa shape index (κ1) is 12.6. The van der Waals surface area contributed by atoms with Crippen molar-refractivity contribution in [3.05, 3.63) is 39.4 Å². The Kier molecular flexibility index (Phi) is 4.43. The Hall–Kier alpha value is -1.42. The van der Waals surface area contributed by atoms with Gasteiger partial charge in [0.15, 0.2) is 0 Å². The van der Waals surface area contributed by atoms with Crippen molar-refractivity contribution in [1.29, 1.82) is 0 Å². The van der Waals surface area contributed by atoms with Gasteiger partial charge in [0.05, 0.1) is 4.92 Å². The lowest BCUT2D eigenvalue weighted by Crippen LogP contribution is -2.27. The third-order valence-corrected chi connectivity index (χ3v) is 2.51. The molecular weight excluding hydrogens is 204 g/mol. The summed E-state index contributed by atoms with van der Waals surface area (Å²) in [6.07, 6.45) is 0.686. The van der Waals surface area contributed by atoms with Crippen LogP contribution >= 0.6 is 0 Å². The van der Waals surface area contributed by atoms with Gasteiger partial charge in [-0.25, -0.2) is 0 Å².